The van der Waals surface area contributed by atoms with E-state index in [0.29, 0.717) is 23.2 Å². The zero-order valence-corrected chi connectivity index (χ0v) is 26.8. The number of hydrogen-bond acceptors (Lipinski definition) is 3. The molecule has 0 aliphatic heterocycles. The molecule has 0 amide bonds. The maximum atomic E-state index is 14.2. The smallest absolute Gasteiger partial charge is 0.509 e. The fourth-order valence-electron chi connectivity index (χ4n) is 5.77. The van der Waals surface area contributed by atoms with Gasteiger partial charge in [-0.05, 0) is 59.2 Å². The number of hydrogen-bond donors (Lipinski definition) is 0. The van der Waals surface area contributed by atoms with Crippen molar-refractivity contribution in [3.05, 3.63) is 133 Å². The molecule has 0 saturated heterocycles. The van der Waals surface area contributed by atoms with Gasteiger partial charge in [0.15, 0.2) is 0 Å². The molecule has 0 atom stereocenters. The molecule has 0 radical (unpaired) electrons. The van der Waals surface area contributed by atoms with Crippen LogP contribution in [-0.2, 0) is 27.5 Å². The molecule has 0 fully saturated rings. The van der Waals surface area contributed by atoms with Crippen molar-refractivity contribution in [3.8, 4) is 34.1 Å². The van der Waals surface area contributed by atoms with Gasteiger partial charge in [-0.25, -0.2) is 9.37 Å². The van der Waals surface area contributed by atoms with Crippen molar-refractivity contribution in [2.24, 2.45) is 5.92 Å². The topological polar surface area (TPSA) is 44.9 Å². The van der Waals surface area contributed by atoms with Gasteiger partial charge in [0.2, 0.25) is 0 Å². The minimum Gasteiger partial charge on any atom is -0.509 e. The van der Waals surface area contributed by atoms with Gasteiger partial charge in [0.05, 0.1) is 6.20 Å². The van der Waals surface area contributed by atoms with Crippen LogP contribution in [0.25, 0.3) is 44.4 Å². The number of nitrogens with zero attached hydrogens (tertiary/aromatic N) is 4. The number of pyridine rings is 1. The molecule has 3 heterocycles. The number of halogens is 1. The van der Waals surface area contributed by atoms with Crippen LogP contribution in [0.2, 0.25) is 0 Å². The molecule has 0 bridgehead atoms. The zero-order valence-electron chi connectivity index (χ0n) is 24.5. The van der Waals surface area contributed by atoms with Crippen LogP contribution < -0.4 is 4.74 Å². The van der Waals surface area contributed by atoms with Crippen LogP contribution in [0.1, 0.15) is 25.0 Å². The standard InChI is InChI=1S/C37H29FN4O.Pt/c1-24(2)18-26-9-6-8-25(3)37(26)27-22-40-41(23-27)29-10-7-11-30(20-29)43-31-14-15-33-32-12-4-5-13-34(32)42(35(33)21-31)36-19-28(38)16-17-39-36;/h4-17,19,22-24H,18H2,1-3H3;/q-2;+2. The van der Waals surface area contributed by atoms with Crippen molar-refractivity contribution in [2.75, 3.05) is 0 Å². The van der Waals surface area contributed by atoms with Crippen LogP contribution in [0.4, 0.5) is 4.39 Å². The molecule has 3 aromatic heterocycles. The summed E-state index contributed by atoms with van der Waals surface area (Å²) < 4.78 is 24.2. The molecular weight excluding hydrogens is 731 g/mol. The Morgan fingerprint density at radius 3 is 2.55 bits per heavy atom. The van der Waals surface area contributed by atoms with Crippen molar-refractivity contribution >= 4 is 21.8 Å². The molecule has 0 saturated carbocycles. The molecule has 0 N–H and O–H groups in total. The number of ether oxygens (including phenoxy) is 1. The third kappa shape index (κ3) is 5.58. The van der Waals surface area contributed by atoms with E-state index in [0.717, 1.165) is 39.5 Å². The van der Waals surface area contributed by atoms with Gasteiger partial charge in [-0.15, -0.1) is 35.7 Å². The van der Waals surface area contributed by atoms with Crippen LogP contribution in [-0.4, -0.2) is 19.3 Å². The maximum absolute atomic E-state index is 14.2. The van der Waals surface area contributed by atoms with Crippen LogP contribution in [0.3, 0.4) is 0 Å². The molecule has 7 aromatic rings. The van der Waals surface area contributed by atoms with Gasteiger partial charge in [0, 0.05) is 41.0 Å². The Balaban J connectivity index is 0.00000343. The van der Waals surface area contributed by atoms with Crippen molar-refractivity contribution in [2.45, 2.75) is 27.2 Å². The fraction of sp³-hybridized carbons (Fsp3) is 0.135. The molecule has 0 unspecified atom stereocenters. The second kappa shape index (κ2) is 12.2. The summed E-state index contributed by atoms with van der Waals surface area (Å²) in [6, 6.07) is 33.6. The Morgan fingerprint density at radius 2 is 1.70 bits per heavy atom. The van der Waals surface area contributed by atoms with Gasteiger partial charge in [-0.2, -0.15) is 17.2 Å². The van der Waals surface area contributed by atoms with E-state index in [2.05, 4.69) is 61.2 Å². The van der Waals surface area contributed by atoms with Crippen LogP contribution >= 0.6 is 0 Å². The summed E-state index contributed by atoms with van der Waals surface area (Å²) in [5.41, 5.74) is 7.30. The third-order valence-electron chi connectivity index (χ3n) is 7.57. The van der Waals surface area contributed by atoms with Gasteiger partial charge in [0.1, 0.15) is 11.6 Å². The Morgan fingerprint density at radius 1 is 0.886 bits per heavy atom. The van der Waals surface area contributed by atoms with E-state index in [4.69, 9.17) is 4.74 Å². The predicted octanol–water partition coefficient (Wildman–Crippen LogP) is 9.07. The number of aryl methyl sites for hydroxylation is 1. The number of benzene rings is 4. The van der Waals surface area contributed by atoms with E-state index in [1.165, 1.54) is 35.0 Å². The molecule has 44 heavy (non-hydrogen) atoms. The number of aromatic nitrogens is 4. The van der Waals surface area contributed by atoms with E-state index >= 15 is 0 Å². The summed E-state index contributed by atoms with van der Waals surface area (Å²) in [5.74, 6) is 1.73. The Bertz CT molecular complexity index is 2110. The first-order valence-electron chi connectivity index (χ1n) is 14.4. The molecule has 4 aromatic carbocycles. The summed E-state index contributed by atoms with van der Waals surface area (Å²) in [4.78, 5) is 4.44. The van der Waals surface area contributed by atoms with Gasteiger partial charge in [0.25, 0.3) is 0 Å². The summed E-state index contributed by atoms with van der Waals surface area (Å²) >= 11 is 0. The Labute approximate surface area is 270 Å². The number of para-hydroxylation sites is 1. The molecule has 220 valence electrons. The minimum atomic E-state index is -0.352. The molecule has 5 nitrogen and oxygen atoms in total. The predicted molar refractivity (Wildman–Crippen MR) is 169 cm³/mol. The fourth-order valence-corrected chi connectivity index (χ4v) is 5.77. The average molecular weight is 760 g/mol. The van der Waals surface area contributed by atoms with Gasteiger partial charge in [-0.1, -0.05) is 55.8 Å². The van der Waals surface area contributed by atoms with Crippen molar-refractivity contribution < 1.29 is 30.2 Å². The molecule has 0 aliphatic carbocycles. The van der Waals surface area contributed by atoms with Crippen LogP contribution in [0, 0.1) is 30.8 Å². The van der Waals surface area contributed by atoms with Crippen molar-refractivity contribution in [3.63, 3.8) is 0 Å². The first-order chi connectivity index (χ1) is 20.9. The van der Waals surface area contributed by atoms with Crippen LogP contribution in [0.15, 0.2) is 104 Å². The first-order valence-corrected chi connectivity index (χ1v) is 14.4. The second-order valence-corrected chi connectivity index (χ2v) is 11.2. The summed E-state index contributed by atoms with van der Waals surface area (Å²) in [6.07, 6.45) is 6.43. The molecule has 0 aliphatic rings. The van der Waals surface area contributed by atoms with Crippen LogP contribution in [0.5, 0.6) is 11.5 Å². The Kier molecular flexibility index (Phi) is 8.20. The second-order valence-electron chi connectivity index (χ2n) is 11.2. The summed E-state index contributed by atoms with van der Waals surface area (Å²) in [6.45, 7) is 6.63. The van der Waals surface area contributed by atoms with Gasteiger partial charge >= 0.3 is 21.1 Å². The van der Waals surface area contributed by atoms with Gasteiger partial charge < -0.3 is 9.30 Å². The largest absolute Gasteiger partial charge is 2.00 e. The van der Waals surface area contributed by atoms with E-state index < -0.39 is 0 Å². The molecule has 7 heteroatoms. The summed E-state index contributed by atoms with van der Waals surface area (Å²) in [5, 5.41) is 6.67. The van der Waals surface area contributed by atoms with E-state index in [1.54, 1.807) is 0 Å². The molecule has 7 rings (SSSR count). The summed E-state index contributed by atoms with van der Waals surface area (Å²) in [7, 11) is 0. The number of fused-ring (bicyclic) bond motifs is 3. The molecule has 0 spiro atoms. The minimum absolute atomic E-state index is 0. The Hall–Kier alpha value is -4.54. The molecular formula is C37H29FN4OPt. The van der Waals surface area contributed by atoms with Crippen molar-refractivity contribution in [1.29, 1.82) is 0 Å². The van der Waals surface area contributed by atoms with Crippen molar-refractivity contribution in [1.82, 2.24) is 19.3 Å². The van der Waals surface area contributed by atoms with E-state index in [-0.39, 0.29) is 26.9 Å². The third-order valence-corrected chi connectivity index (χ3v) is 7.57. The van der Waals surface area contributed by atoms with Gasteiger partial charge in [-0.3, -0.25) is 4.68 Å². The zero-order chi connectivity index (χ0) is 29.5. The van der Waals surface area contributed by atoms with E-state index in [9.17, 15) is 4.39 Å². The first kappa shape index (κ1) is 29.5. The number of rotatable bonds is 7. The quantitative estimate of drug-likeness (QED) is 0.153. The SMILES string of the molecule is Cc1cccc(CC(C)C)c1-c1cnn(-c2[c-]c(Oc3[c-]c4c(cc3)c3ccccc3n4-c3cc(F)ccn3)ccc2)c1.[Pt+2]. The maximum Gasteiger partial charge on any atom is 2.00 e. The average Bonchev–Trinajstić information content (AvgIpc) is 3.60. The normalized spacial score (nSPS) is 11.3. The van der Waals surface area contributed by atoms with E-state index in [1.807, 2.05) is 76.2 Å². The monoisotopic (exact) mass is 759 g/mol.